The maximum atomic E-state index is 5.98. The van der Waals surface area contributed by atoms with Gasteiger partial charge in [0, 0.05) is 39.8 Å². The molecule has 6 nitrogen and oxygen atoms in total. The summed E-state index contributed by atoms with van der Waals surface area (Å²) in [5, 5.41) is 7.61. The molecule has 23 heavy (non-hydrogen) atoms. The van der Waals surface area contributed by atoms with E-state index < -0.39 is 0 Å². The minimum atomic E-state index is 0.165. The molecule has 1 fully saturated rings. The van der Waals surface area contributed by atoms with Crippen molar-refractivity contribution in [3.63, 3.8) is 0 Å². The van der Waals surface area contributed by atoms with Crippen molar-refractivity contribution in [2.24, 2.45) is 7.05 Å². The summed E-state index contributed by atoms with van der Waals surface area (Å²) in [5.74, 6) is 1.58. The molecule has 3 rings (SSSR count). The van der Waals surface area contributed by atoms with Crippen LogP contribution in [0.2, 0.25) is 0 Å². The molecule has 2 heterocycles. The Balaban J connectivity index is 1.55. The normalized spacial score (nSPS) is 19.5. The van der Waals surface area contributed by atoms with Crippen LogP contribution < -0.4 is 5.32 Å². The molecule has 0 radical (unpaired) electrons. The summed E-state index contributed by atoms with van der Waals surface area (Å²) in [6.45, 7) is 6.44. The van der Waals surface area contributed by atoms with Crippen molar-refractivity contribution in [1.82, 2.24) is 19.7 Å². The van der Waals surface area contributed by atoms with E-state index in [1.165, 1.54) is 5.56 Å². The molecular weight excluding hydrogens is 290 g/mol. The molecule has 1 aliphatic heterocycles. The van der Waals surface area contributed by atoms with Crippen molar-refractivity contribution in [3.8, 4) is 0 Å². The van der Waals surface area contributed by atoms with E-state index in [9.17, 15) is 0 Å². The Kier molecular flexibility index (Phi) is 5.25. The van der Waals surface area contributed by atoms with E-state index in [-0.39, 0.29) is 6.10 Å². The number of nitrogens with one attached hydrogen (secondary N) is 1. The number of benzene rings is 1. The van der Waals surface area contributed by atoms with Gasteiger partial charge in [-0.05, 0) is 18.9 Å². The second-order valence-electron chi connectivity index (χ2n) is 6.05. The van der Waals surface area contributed by atoms with Crippen LogP contribution in [0.5, 0.6) is 0 Å². The number of aryl methyl sites for hydroxylation is 2. The van der Waals surface area contributed by atoms with Gasteiger partial charge in [-0.15, -0.1) is 0 Å². The molecule has 124 valence electrons. The van der Waals surface area contributed by atoms with Crippen LogP contribution in [-0.4, -0.2) is 52.0 Å². The average molecular weight is 315 g/mol. The molecule has 1 N–H and O–H groups in total. The van der Waals surface area contributed by atoms with Gasteiger partial charge in [0.1, 0.15) is 5.82 Å². The summed E-state index contributed by atoms with van der Waals surface area (Å²) >= 11 is 0. The second kappa shape index (κ2) is 7.57. The summed E-state index contributed by atoms with van der Waals surface area (Å²) in [6.07, 6.45) is 1.24. The molecule has 6 heteroatoms. The fourth-order valence-electron chi connectivity index (χ4n) is 2.95. The predicted molar refractivity (Wildman–Crippen MR) is 90.3 cm³/mol. The summed E-state index contributed by atoms with van der Waals surface area (Å²) in [4.78, 5) is 6.85. The third-order valence-electron chi connectivity index (χ3n) is 4.04. The Morgan fingerprint density at radius 2 is 2.13 bits per heavy atom. The van der Waals surface area contributed by atoms with E-state index in [0.29, 0.717) is 0 Å². The van der Waals surface area contributed by atoms with Crippen LogP contribution in [0.3, 0.4) is 0 Å². The van der Waals surface area contributed by atoms with Crippen molar-refractivity contribution < 1.29 is 4.74 Å². The number of aromatic nitrogens is 3. The topological polar surface area (TPSA) is 55.2 Å². The van der Waals surface area contributed by atoms with Gasteiger partial charge < -0.3 is 10.1 Å². The monoisotopic (exact) mass is 315 g/mol. The second-order valence-corrected chi connectivity index (χ2v) is 6.05. The van der Waals surface area contributed by atoms with E-state index in [1.807, 2.05) is 14.0 Å². The number of ether oxygens (including phenoxy) is 1. The van der Waals surface area contributed by atoms with Crippen molar-refractivity contribution in [2.45, 2.75) is 26.0 Å². The van der Waals surface area contributed by atoms with Crippen LogP contribution in [0.4, 0.5) is 5.95 Å². The van der Waals surface area contributed by atoms with Gasteiger partial charge in [0.2, 0.25) is 5.95 Å². The van der Waals surface area contributed by atoms with Crippen molar-refractivity contribution >= 4 is 5.95 Å². The standard InChI is InChI=1S/C17H25N5O/c1-14-19-17(21(2)20-14)18-11-16-13-22(9-6-10-23-16)12-15-7-4-3-5-8-15/h3-5,7-8,16H,6,9-13H2,1-2H3,(H,18,19,20). The summed E-state index contributed by atoms with van der Waals surface area (Å²) in [6, 6.07) is 10.6. The van der Waals surface area contributed by atoms with E-state index >= 15 is 0 Å². The van der Waals surface area contributed by atoms with Crippen molar-refractivity contribution in [2.75, 3.05) is 31.6 Å². The molecule has 2 aromatic rings. The van der Waals surface area contributed by atoms with Crippen LogP contribution in [0.15, 0.2) is 30.3 Å². The fraction of sp³-hybridized carbons (Fsp3) is 0.529. The van der Waals surface area contributed by atoms with Crippen LogP contribution in [0.25, 0.3) is 0 Å². The Morgan fingerprint density at radius 3 is 2.87 bits per heavy atom. The molecule has 1 aromatic carbocycles. The molecule has 1 aliphatic rings. The van der Waals surface area contributed by atoms with E-state index in [4.69, 9.17) is 4.74 Å². The van der Waals surface area contributed by atoms with Gasteiger partial charge in [-0.3, -0.25) is 4.90 Å². The molecule has 0 bridgehead atoms. The molecule has 0 spiro atoms. The Hall–Kier alpha value is -1.92. The summed E-state index contributed by atoms with van der Waals surface area (Å²) < 4.78 is 7.75. The van der Waals surface area contributed by atoms with E-state index in [2.05, 4.69) is 50.6 Å². The maximum absolute atomic E-state index is 5.98. The molecular formula is C17H25N5O. The number of hydrogen-bond acceptors (Lipinski definition) is 5. The van der Waals surface area contributed by atoms with Gasteiger partial charge >= 0.3 is 0 Å². The van der Waals surface area contributed by atoms with Gasteiger partial charge in [-0.25, -0.2) is 4.68 Å². The third-order valence-corrected chi connectivity index (χ3v) is 4.04. The van der Waals surface area contributed by atoms with Gasteiger partial charge in [-0.2, -0.15) is 10.1 Å². The third kappa shape index (κ3) is 4.53. The number of anilines is 1. The fourth-order valence-corrected chi connectivity index (χ4v) is 2.95. The molecule has 1 aromatic heterocycles. The first-order valence-corrected chi connectivity index (χ1v) is 8.20. The van der Waals surface area contributed by atoms with Crippen LogP contribution >= 0.6 is 0 Å². The van der Waals surface area contributed by atoms with Gasteiger partial charge in [0.25, 0.3) is 0 Å². The van der Waals surface area contributed by atoms with Gasteiger partial charge in [-0.1, -0.05) is 30.3 Å². The largest absolute Gasteiger partial charge is 0.375 e. The number of nitrogens with zero attached hydrogens (tertiary/aromatic N) is 4. The predicted octanol–water partition coefficient (Wildman–Crippen LogP) is 1.83. The minimum absolute atomic E-state index is 0.165. The van der Waals surface area contributed by atoms with Crippen molar-refractivity contribution in [1.29, 1.82) is 0 Å². The Labute approximate surface area is 137 Å². The van der Waals surface area contributed by atoms with Gasteiger partial charge in [0.15, 0.2) is 0 Å². The zero-order chi connectivity index (χ0) is 16.1. The zero-order valence-electron chi connectivity index (χ0n) is 13.9. The quantitative estimate of drug-likeness (QED) is 0.912. The Bertz CT molecular complexity index is 613. The number of rotatable bonds is 5. The summed E-state index contributed by atoms with van der Waals surface area (Å²) in [5.41, 5.74) is 1.35. The molecule has 0 aliphatic carbocycles. The first-order chi connectivity index (χ1) is 11.2. The lowest BCUT2D eigenvalue weighted by atomic mass is 10.2. The van der Waals surface area contributed by atoms with E-state index in [0.717, 1.165) is 51.0 Å². The molecule has 1 unspecified atom stereocenters. The van der Waals surface area contributed by atoms with Gasteiger partial charge in [0.05, 0.1) is 6.10 Å². The highest BCUT2D eigenvalue weighted by atomic mass is 16.5. The van der Waals surface area contributed by atoms with Crippen LogP contribution in [0.1, 0.15) is 17.8 Å². The molecule has 0 saturated carbocycles. The number of hydrogen-bond donors (Lipinski definition) is 1. The lowest BCUT2D eigenvalue weighted by Gasteiger charge is -2.24. The zero-order valence-corrected chi connectivity index (χ0v) is 13.9. The Morgan fingerprint density at radius 1 is 1.30 bits per heavy atom. The SMILES string of the molecule is Cc1nc(NCC2CN(Cc3ccccc3)CCCO2)n(C)n1. The van der Waals surface area contributed by atoms with Crippen LogP contribution in [-0.2, 0) is 18.3 Å². The smallest absolute Gasteiger partial charge is 0.221 e. The average Bonchev–Trinajstić information content (AvgIpc) is 2.73. The molecule has 1 atom stereocenters. The highest BCUT2D eigenvalue weighted by Gasteiger charge is 2.19. The molecule has 0 amide bonds. The first kappa shape index (κ1) is 16.0. The molecule has 1 saturated heterocycles. The van der Waals surface area contributed by atoms with E-state index in [1.54, 1.807) is 4.68 Å². The summed E-state index contributed by atoms with van der Waals surface area (Å²) in [7, 11) is 1.90. The highest BCUT2D eigenvalue weighted by Crippen LogP contribution is 2.12. The lowest BCUT2D eigenvalue weighted by Crippen LogP contribution is -2.35. The minimum Gasteiger partial charge on any atom is -0.375 e. The maximum Gasteiger partial charge on any atom is 0.221 e. The first-order valence-electron chi connectivity index (χ1n) is 8.20. The van der Waals surface area contributed by atoms with Crippen molar-refractivity contribution in [3.05, 3.63) is 41.7 Å². The highest BCUT2D eigenvalue weighted by molar-refractivity contribution is 5.24. The van der Waals surface area contributed by atoms with Crippen LogP contribution in [0, 0.1) is 6.92 Å². The lowest BCUT2D eigenvalue weighted by molar-refractivity contribution is 0.0623.